The van der Waals surface area contributed by atoms with Crippen molar-refractivity contribution < 1.29 is 19.1 Å². The third-order valence-electron chi connectivity index (χ3n) is 4.14. The van der Waals surface area contributed by atoms with Gasteiger partial charge in [-0.25, -0.2) is 0 Å². The van der Waals surface area contributed by atoms with Gasteiger partial charge in [0.1, 0.15) is 0 Å². The smallest absolute Gasteiger partial charge is 0.306 e. The number of benzene rings is 2. The summed E-state index contributed by atoms with van der Waals surface area (Å²) in [6, 6.07) is 16.9. The van der Waals surface area contributed by atoms with E-state index in [1.807, 2.05) is 30.3 Å². The maximum absolute atomic E-state index is 12.0. The van der Waals surface area contributed by atoms with Crippen LogP contribution in [0.15, 0.2) is 54.6 Å². The van der Waals surface area contributed by atoms with Gasteiger partial charge in [-0.2, -0.15) is 0 Å². The Labute approximate surface area is 165 Å². The average molecular weight is 382 g/mol. The van der Waals surface area contributed by atoms with Crippen molar-refractivity contribution in [3.05, 3.63) is 65.7 Å². The zero-order valence-corrected chi connectivity index (χ0v) is 16.3. The number of carbonyl (C=O) groups is 3. The summed E-state index contributed by atoms with van der Waals surface area (Å²) in [7, 11) is 3.42. The molecule has 6 nitrogen and oxygen atoms in total. The number of likely N-dealkylation sites (N-methyl/N-ethyl adjacent to an activating group) is 1. The lowest BCUT2D eigenvalue weighted by Gasteiger charge is -2.10. The molecule has 6 heteroatoms. The molecule has 0 fully saturated rings. The molecule has 1 N–H and O–H groups in total. The van der Waals surface area contributed by atoms with Crippen molar-refractivity contribution in [3.8, 4) is 0 Å². The van der Waals surface area contributed by atoms with Crippen molar-refractivity contribution in [2.75, 3.05) is 26.0 Å². The van der Waals surface area contributed by atoms with E-state index in [0.29, 0.717) is 25.1 Å². The van der Waals surface area contributed by atoms with E-state index in [0.717, 1.165) is 11.1 Å². The van der Waals surface area contributed by atoms with Crippen LogP contribution in [-0.4, -0.2) is 43.4 Å². The molecule has 0 aliphatic heterocycles. The third-order valence-corrected chi connectivity index (χ3v) is 4.14. The first-order valence-corrected chi connectivity index (χ1v) is 9.22. The molecule has 0 bridgehead atoms. The summed E-state index contributed by atoms with van der Waals surface area (Å²) in [5.74, 6) is -0.622. The van der Waals surface area contributed by atoms with Gasteiger partial charge in [-0.3, -0.25) is 14.4 Å². The summed E-state index contributed by atoms with van der Waals surface area (Å²) < 4.78 is 5.16. The highest BCUT2D eigenvalue weighted by molar-refractivity contribution is 5.92. The SMILES string of the molecule is CN(C)C(=O)Cc1ccc(NC(=O)CCC(=O)OCCc2ccccc2)cc1. The second kappa shape index (κ2) is 10.9. The van der Waals surface area contributed by atoms with Crippen molar-refractivity contribution >= 4 is 23.5 Å². The molecule has 0 aliphatic carbocycles. The minimum atomic E-state index is -0.386. The lowest BCUT2D eigenvalue weighted by Crippen LogP contribution is -2.23. The first kappa shape index (κ1) is 21.2. The lowest BCUT2D eigenvalue weighted by molar-refractivity contribution is -0.144. The van der Waals surface area contributed by atoms with Crippen molar-refractivity contribution in [2.24, 2.45) is 0 Å². The second-order valence-corrected chi connectivity index (χ2v) is 6.67. The fourth-order valence-corrected chi connectivity index (χ4v) is 2.48. The highest BCUT2D eigenvalue weighted by Crippen LogP contribution is 2.11. The molecule has 0 saturated heterocycles. The Balaban J connectivity index is 1.67. The van der Waals surface area contributed by atoms with Crippen LogP contribution in [0.2, 0.25) is 0 Å². The second-order valence-electron chi connectivity index (χ2n) is 6.67. The van der Waals surface area contributed by atoms with E-state index in [-0.39, 0.29) is 30.6 Å². The van der Waals surface area contributed by atoms with Gasteiger partial charge >= 0.3 is 5.97 Å². The maximum Gasteiger partial charge on any atom is 0.306 e. The fraction of sp³-hybridized carbons (Fsp3) is 0.318. The van der Waals surface area contributed by atoms with Crippen LogP contribution in [0.5, 0.6) is 0 Å². The zero-order chi connectivity index (χ0) is 20.4. The Kier molecular flexibility index (Phi) is 8.21. The number of rotatable bonds is 9. The van der Waals surface area contributed by atoms with Gasteiger partial charge in [0.05, 0.1) is 19.4 Å². The van der Waals surface area contributed by atoms with Crippen LogP contribution in [0.3, 0.4) is 0 Å². The van der Waals surface area contributed by atoms with Gasteiger partial charge in [-0.15, -0.1) is 0 Å². The predicted octanol–water partition coefficient (Wildman–Crippen LogP) is 2.82. The third kappa shape index (κ3) is 7.61. The minimum absolute atomic E-state index is 0.0163. The van der Waals surface area contributed by atoms with E-state index in [2.05, 4.69) is 5.32 Å². The summed E-state index contributed by atoms with van der Waals surface area (Å²) in [4.78, 5) is 37.0. The number of nitrogens with zero attached hydrogens (tertiary/aromatic N) is 1. The quantitative estimate of drug-likeness (QED) is 0.677. The number of anilines is 1. The summed E-state index contributed by atoms with van der Waals surface area (Å²) in [5, 5.41) is 2.74. The van der Waals surface area contributed by atoms with Gasteiger partial charge in [-0.05, 0) is 23.3 Å². The van der Waals surface area contributed by atoms with Gasteiger partial charge in [0.2, 0.25) is 11.8 Å². The highest BCUT2D eigenvalue weighted by atomic mass is 16.5. The van der Waals surface area contributed by atoms with Crippen molar-refractivity contribution in [3.63, 3.8) is 0 Å². The number of nitrogens with one attached hydrogen (secondary N) is 1. The molecule has 0 heterocycles. The van der Waals surface area contributed by atoms with Gasteiger partial charge < -0.3 is 15.0 Å². The number of ether oxygens (including phenoxy) is 1. The van der Waals surface area contributed by atoms with E-state index < -0.39 is 0 Å². The molecule has 0 saturated carbocycles. The average Bonchev–Trinajstić information content (AvgIpc) is 2.68. The summed E-state index contributed by atoms with van der Waals surface area (Å²) in [6.45, 7) is 0.303. The molecule has 0 unspecified atom stereocenters. The molecule has 0 aliphatic rings. The number of amides is 2. The molecule has 28 heavy (non-hydrogen) atoms. The number of hydrogen-bond donors (Lipinski definition) is 1. The summed E-state index contributed by atoms with van der Waals surface area (Å²) in [6.07, 6.45) is 1.07. The van der Waals surface area contributed by atoms with E-state index in [4.69, 9.17) is 4.74 Å². The van der Waals surface area contributed by atoms with E-state index in [1.165, 1.54) is 4.90 Å². The van der Waals surface area contributed by atoms with Crippen LogP contribution in [0, 0.1) is 0 Å². The standard InChI is InChI=1S/C22H26N2O4/c1-24(2)21(26)16-18-8-10-19(11-9-18)23-20(25)12-13-22(27)28-15-14-17-6-4-3-5-7-17/h3-11H,12-16H2,1-2H3,(H,23,25). The largest absolute Gasteiger partial charge is 0.465 e. The highest BCUT2D eigenvalue weighted by Gasteiger charge is 2.09. The number of hydrogen-bond acceptors (Lipinski definition) is 4. The molecule has 0 aromatic heterocycles. The van der Waals surface area contributed by atoms with Gasteiger partial charge in [-0.1, -0.05) is 42.5 Å². The molecule has 0 spiro atoms. The Morgan fingerprint density at radius 1 is 0.893 bits per heavy atom. The Hall–Kier alpha value is -3.15. The van der Waals surface area contributed by atoms with E-state index in [1.54, 1.807) is 38.4 Å². The predicted molar refractivity (Wildman–Crippen MR) is 108 cm³/mol. The minimum Gasteiger partial charge on any atom is -0.465 e. The molecule has 2 rings (SSSR count). The van der Waals surface area contributed by atoms with Crippen LogP contribution in [0.4, 0.5) is 5.69 Å². The molecule has 0 radical (unpaired) electrons. The zero-order valence-electron chi connectivity index (χ0n) is 16.3. The maximum atomic E-state index is 12.0. The van der Waals surface area contributed by atoms with Crippen LogP contribution in [0.25, 0.3) is 0 Å². The van der Waals surface area contributed by atoms with Gasteiger partial charge in [0, 0.05) is 32.6 Å². The van der Waals surface area contributed by atoms with Crippen LogP contribution in [0.1, 0.15) is 24.0 Å². The van der Waals surface area contributed by atoms with Crippen LogP contribution >= 0.6 is 0 Å². The lowest BCUT2D eigenvalue weighted by atomic mass is 10.1. The first-order chi connectivity index (χ1) is 13.4. The van der Waals surface area contributed by atoms with E-state index in [9.17, 15) is 14.4 Å². The fourth-order valence-electron chi connectivity index (χ4n) is 2.48. The van der Waals surface area contributed by atoms with Crippen molar-refractivity contribution in [1.29, 1.82) is 0 Å². The van der Waals surface area contributed by atoms with Crippen LogP contribution in [-0.2, 0) is 32.0 Å². The van der Waals surface area contributed by atoms with Crippen molar-refractivity contribution in [1.82, 2.24) is 4.90 Å². The summed E-state index contributed by atoms with van der Waals surface area (Å²) >= 11 is 0. The summed E-state index contributed by atoms with van der Waals surface area (Å²) in [5.41, 5.74) is 2.60. The number of esters is 1. The molecule has 2 aromatic rings. The normalized spacial score (nSPS) is 10.2. The number of carbonyl (C=O) groups excluding carboxylic acids is 3. The van der Waals surface area contributed by atoms with Crippen molar-refractivity contribution in [2.45, 2.75) is 25.7 Å². The molecule has 2 aromatic carbocycles. The molecular formula is C22H26N2O4. The Morgan fingerprint density at radius 3 is 2.21 bits per heavy atom. The Morgan fingerprint density at radius 2 is 1.57 bits per heavy atom. The van der Waals surface area contributed by atoms with Gasteiger partial charge in [0.25, 0.3) is 0 Å². The molecule has 148 valence electrons. The van der Waals surface area contributed by atoms with E-state index >= 15 is 0 Å². The molecule has 2 amide bonds. The first-order valence-electron chi connectivity index (χ1n) is 9.22. The monoisotopic (exact) mass is 382 g/mol. The topological polar surface area (TPSA) is 75.7 Å². The van der Waals surface area contributed by atoms with Crippen LogP contribution < -0.4 is 5.32 Å². The van der Waals surface area contributed by atoms with Gasteiger partial charge in [0.15, 0.2) is 0 Å². The Bertz CT molecular complexity index is 786. The molecule has 0 atom stereocenters. The molecular weight excluding hydrogens is 356 g/mol.